The first-order chi connectivity index (χ1) is 18.1. The summed E-state index contributed by atoms with van der Waals surface area (Å²) in [6.07, 6.45) is 0.722. The first-order valence-electron chi connectivity index (χ1n) is 11.5. The van der Waals surface area contributed by atoms with E-state index in [2.05, 4.69) is 10.3 Å². The Kier molecular flexibility index (Phi) is 7.62. The summed E-state index contributed by atoms with van der Waals surface area (Å²) in [7, 11) is -0.954. The van der Waals surface area contributed by atoms with Crippen molar-refractivity contribution in [2.45, 2.75) is 19.0 Å². The molecule has 1 heterocycles. The van der Waals surface area contributed by atoms with Crippen molar-refractivity contribution < 1.29 is 27.8 Å². The van der Waals surface area contributed by atoms with Gasteiger partial charge in [0.05, 0.1) is 31.5 Å². The van der Waals surface area contributed by atoms with Crippen LogP contribution in [-0.2, 0) is 21.4 Å². The highest BCUT2D eigenvalue weighted by molar-refractivity contribution is 7.92. The van der Waals surface area contributed by atoms with Gasteiger partial charge in [0.1, 0.15) is 11.6 Å². The molecule has 0 unspecified atom stereocenters. The van der Waals surface area contributed by atoms with Gasteiger partial charge in [0.25, 0.3) is 5.56 Å². The highest BCUT2D eigenvalue weighted by atomic mass is 32.2. The summed E-state index contributed by atoms with van der Waals surface area (Å²) >= 11 is 0. The minimum Gasteiger partial charge on any atom is -0.493 e. The fraction of sp³-hybridized carbons (Fsp3) is 0.231. The average Bonchev–Trinajstić information content (AvgIpc) is 2.91. The molecule has 0 aliphatic carbocycles. The zero-order chi connectivity index (χ0) is 27.4. The van der Waals surface area contributed by atoms with Gasteiger partial charge in [-0.25, -0.2) is 17.9 Å². The molecule has 38 heavy (non-hydrogen) atoms. The van der Waals surface area contributed by atoms with Crippen LogP contribution in [0.25, 0.3) is 22.0 Å². The highest BCUT2D eigenvalue weighted by Gasteiger charge is 2.33. The number of carbonyl (C=O) groups is 1. The maximum atomic E-state index is 12.8. The summed E-state index contributed by atoms with van der Waals surface area (Å²) in [5.41, 5.74) is 1.69. The van der Waals surface area contributed by atoms with Crippen LogP contribution in [0.3, 0.4) is 0 Å². The Labute approximate surface area is 218 Å². The molecule has 1 aromatic heterocycles. The van der Waals surface area contributed by atoms with E-state index < -0.39 is 27.6 Å². The van der Waals surface area contributed by atoms with E-state index in [1.807, 2.05) is 6.07 Å². The van der Waals surface area contributed by atoms with Crippen LogP contribution in [0.5, 0.6) is 11.5 Å². The minimum atomic E-state index is -4.02. The quantitative estimate of drug-likeness (QED) is 0.323. The third-order valence-corrected chi connectivity index (χ3v) is 7.19. The molecule has 3 aromatic carbocycles. The molecule has 0 aliphatic rings. The fourth-order valence-corrected chi connectivity index (χ4v) is 5.34. The van der Waals surface area contributed by atoms with Crippen molar-refractivity contribution in [2.24, 2.45) is 0 Å². The molecule has 1 N–H and O–H groups in total. The first kappa shape index (κ1) is 26.6. The van der Waals surface area contributed by atoms with Gasteiger partial charge in [0.2, 0.25) is 10.0 Å². The predicted molar refractivity (Wildman–Crippen MR) is 142 cm³/mol. The number of carboxylic acid groups (broad SMARTS) is 1. The second kappa shape index (κ2) is 10.9. The van der Waals surface area contributed by atoms with Crippen LogP contribution in [0.4, 0.5) is 5.69 Å². The van der Waals surface area contributed by atoms with E-state index in [4.69, 9.17) is 9.47 Å². The Morgan fingerprint density at radius 1 is 1.00 bits per heavy atom. The van der Waals surface area contributed by atoms with E-state index in [9.17, 15) is 23.1 Å². The van der Waals surface area contributed by atoms with E-state index in [-0.39, 0.29) is 18.7 Å². The van der Waals surface area contributed by atoms with Gasteiger partial charge in [-0.1, -0.05) is 35.5 Å². The monoisotopic (exact) mass is 538 g/mol. The lowest BCUT2D eigenvalue weighted by molar-refractivity contribution is -0.138. The number of methoxy groups -OCH3 is 2. The van der Waals surface area contributed by atoms with E-state index in [0.29, 0.717) is 22.4 Å². The van der Waals surface area contributed by atoms with Gasteiger partial charge in [-0.05, 0) is 53.9 Å². The topological polar surface area (TPSA) is 141 Å². The number of rotatable bonds is 10. The van der Waals surface area contributed by atoms with Crippen LogP contribution in [0.2, 0.25) is 0 Å². The van der Waals surface area contributed by atoms with Crippen molar-refractivity contribution in [1.29, 1.82) is 0 Å². The Hall–Kier alpha value is -4.45. The molecule has 0 saturated carbocycles. The molecule has 4 aromatic rings. The molecule has 11 nitrogen and oxygen atoms in total. The van der Waals surface area contributed by atoms with Gasteiger partial charge < -0.3 is 14.6 Å². The van der Waals surface area contributed by atoms with Crippen molar-refractivity contribution in [3.8, 4) is 22.6 Å². The lowest BCUT2D eigenvalue weighted by Crippen LogP contribution is -2.46. The molecule has 0 fully saturated rings. The maximum absolute atomic E-state index is 12.8. The van der Waals surface area contributed by atoms with E-state index >= 15 is 0 Å². The van der Waals surface area contributed by atoms with E-state index in [1.165, 1.54) is 26.4 Å². The summed E-state index contributed by atoms with van der Waals surface area (Å²) in [4.78, 5) is 25.0. The van der Waals surface area contributed by atoms with Gasteiger partial charge in [-0.2, -0.15) is 0 Å². The number of hydrogen-bond donors (Lipinski definition) is 1. The van der Waals surface area contributed by atoms with Crippen molar-refractivity contribution in [3.63, 3.8) is 0 Å². The standard InChI is InChI=1S/C26H26N4O7S/c1-36-23-13-10-18(16-24(23)37-2)17-8-11-19(12-9-17)30(38(3,34)35)22(26(32)33)14-15-29-25(31)20-6-4-5-7-21(20)27-28-29/h4-13,16,22H,14-15H2,1-3H3,(H,32,33)/t22-/m1/s1. The summed E-state index contributed by atoms with van der Waals surface area (Å²) in [6.45, 7) is -0.149. The first-order valence-corrected chi connectivity index (χ1v) is 13.4. The second-order valence-corrected chi connectivity index (χ2v) is 10.3. The third kappa shape index (κ3) is 5.44. The van der Waals surface area contributed by atoms with Gasteiger partial charge in [0.15, 0.2) is 11.5 Å². The number of aryl methyl sites for hydroxylation is 1. The van der Waals surface area contributed by atoms with E-state index in [0.717, 1.165) is 26.4 Å². The number of carboxylic acids is 1. The summed E-state index contributed by atoms with van der Waals surface area (Å²) in [5, 5.41) is 18.2. The van der Waals surface area contributed by atoms with Crippen LogP contribution < -0.4 is 19.3 Å². The van der Waals surface area contributed by atoms with E-state index in [1.54, 1.807) is 48.5 Å². The van der Waals surface area contributed by atoms with Crippen molar-refractivity contribution in [3.05, 3.63) is 77.1 Å². The normalized spacial score (nSPS) is 12.2. The molecule has 0 aliphatic heterocycles. The number of aliphatic carboxylic acids is 1. The van der Waals surface area contributed by atoms with Gasteiger partial charge in [-0.15, -0.1) is 5.10 Å². The molecule has 0 bridgehead atoms. The molecule has 4 rings (SSSR count). The van der Waals surface area contributed by atoms with Gasteiger partial charge in [-0.3, -0.25) is 9.10 Å². The molecular weight excluding hydrogens is 512 g/mol. The average molecular weight is 539 g/mol. The van der Waals surface area contributed by atoms with Crippen molar-refractivity contribution >= 4 is 32.6 Å². The minimum absolute atomic E-state index is 0.149. The largest absolute Gasteiger partial charge is 0.493 e. The molecule has 0 saturated heterocycles. The number of nitrogens with zero attached hydrogens (tertiary/aromatic N) is 4. The van der Waals surface area contributed by atoms with Crippen LogP contribution in [0, 0.1) is 0 Å². The lowest BCUT2D eigenvalue weighted by Gasteiger charge is -2.29. The van der Waals surface area contributed by atoms with Crippen LogP contribution in [-0.4, -0.2) is 61.0 Å². The van der Waals surface area contributed by atoms with Gasteiger partial charge in [0, 0.05) is 6.54 Å². The molecular formula is C26H26N4O7S. The lowest BCUT2D eigenvalue weighted by atomic mass is 10.0. The Morgan fingerprint density at radius 3 is 2.29 bits per heavy atom. The highest BCUT2D eigenvalue weighted by Crippen LogP contribution is 2.33. The van der Waals surface area contributed by atoms with Gasteiger partial charge >= 0.3 is 5.97 Å². The number of fused-ring (bicyclic) bond motifs is 1. The molecule has 198 valence electrons. The van der Waals surface area contributed by atoms with Crippen molar-refractivity contribution in [1.82, 2.24) is 15.0 Å². The van der Waals surface area contributed by atoms with Crippen LogP contribution in [0.15, 0.2) is 71.5 Å². The smallest absolute Gasteiger partial charge is 0.327 e. The summed E-state index contributed by atoms with van der Waals surface area (Å²) < 4.78 is 38.0. The molecule has 0 spiro atoms. The Balaban J connectivity index is 1.64. The number of hydrogen-bond acceptors (Lipinski definition) is 8. The SMILES string of the molecule is COc1ccc(-c2ccc(N([C@H](CCn3nnc4ccccc4c3=O)C(=O)O)S(C)(=O)=O)cc2)cc1OC. The Bertz CT molecular complexity index is 1640. The zero-order valence-electron chi connectivity index (χ0n) is 20.9. The molecule has 0 radical (unpaired) electrons. The van der Waals surface area contributed by atoms with Crippen molar-refractivity contribution in [2.75, 3.05) is 24.8 Å². The fourth-order valence-electron chi connectivity index (χ4n) is 4.17. The summed E-state index contributed by atoms with van der Waals surface area (Å²) in [5.74, 6) is -0.262. The predicted octanol–water partition coefficient (Wildman–Crippen LogP) is 2.79. The third-order valence-electron chi connectivity index (χ3n) is 6.01. The molecule has 1 atom stereocenters. The number of sulfonamides is 1. The zero-order valence-corrected chi connectivity index (χ0v) is 21.8. The number of ether oxygens (including phenoxy) is 2. The second-order valence-electron chi connectivity index (χ2n) is 8.45. The Morgan fingerprint density at radius 2 is 1.66 bits per heavy atom. The molecule has 0 amide bonds. The number of anilines is 1. The van der Waals surface area contributed by atoms with Crippen LogP contribution in [0.1, 0.15) is 6.42 Å². The van der Waals surface area contributed by atoms with Crippen LogP contribution >= 0.6 is 0 Å². The number of aromatic nitrogens is 3. The molecule has 12 heteroatoms. The number of benzene rings is 3. The summed E-state index contributed by atoms with van der Waals surface area (Å²) in [6, 6.07) is 17.0. The maximum Gasteiger partial charge on any atom is 0.327 e.